The Hall–Kier alpha value is -3.30. The standard InChI is InChI=1S/C16H14N4O9S2/c21-17(22)11-1-3-15(13(9-11)19(25)26)30-7-5-29-6-8-31-16-4-2-12(18(23)24)10-14(16)20(27)28/h1-4,9-10H,5-8H2. The molecule has 0 aliphatic heterocycles. The second kappa shape index (κ2) is 11.2. The van der Waals surface area contributed by atoms with Crippen molar-refractivity contribution in [2.45, 2.75) is 9.79 Å². The fourth-order valence-electron chi connectivity index (χ4n) is 2.29. The van der Waals surface area contributed by atoms with Gasteiger partial charge in [-0.15, -0.1) is 23.5 Å². The Morgan fingerprint density at radius 1 is 0.645 bits per heavy atom. The number of hydrogen-bond donors (Lipinski definition) is 0. The Morgan fingerprint density at radius 3 is 1.35 bits per heavy atom. The van der Waals surface area contributed by atoms with Crippen LogP contribution in [0.15, 0.2) is 46.2 Å². The number of non-ortho nitro benzene ring substituents is 2. The van der Waals surface area contributed by atoms with Gasteiger partial charge in [0.05, 0.1) is 54.8 Å². The lowest BCUT2D eigenvalue weighted by molar-refractivity contribution is -0.396. The Morgan fingerprint density at radius 2 is 1.03 bits per heavy atom. The van der Waals surface area contributed by atoms with Gasteiger partial charge in [0.1, 0.15) is 0 Å². The Labute approximate surface area is 182 Å². The van der Waals surface area contributed by atoms with Crippen molar-refractivity contribution in [2.75, 3.05) is 24.7 Å². The summed E-state index contributed by atoms with van der Waals surface area (Å²) >= 11 is 2.22. The molecule has 0 saturated carbocycles. The van der Waals surface area contributed by atoms with Crippen molar-refractivity contribution in [2.24, 2.45) is 0 Å². The molecule has 15 heteroatoms. The Balaban J connectivity index is 1.81. The molecule has 0 aliphatic rings. The highest BCUT2D eigenvalue weighted by Crippen LogP contribution is 2.33. The molecule has 0 aliphatic carbocycles. The van der Waals surface area contributed by atoms with E-state index in [0.29, 0.717) is 11.5 Å². The highest BCUT2D eigenvalue weighted by atomic mass is 32.2. The largest absolute Gasteiger partial charge is 0.380 e. The maximum atomic E-state index is 11.1. The van der Waals surface area contributed by atoms with Crippen LogP contribution in [0.1, 0.15) is 0 Å². The van der Waals surface area contributed by atoms with Gasteiger partial charge in [-0.25, -0.2) is 0 Å². The van der Waals surface area contributed by atoms with Crippen LogP contribution < -0.4 is 0 Å². The van der Waals surface area contributed by atoms with Gasteiger partial charge in [0.2, 0.25) is 0 Å². The number of nitrogens with zero attached hydrogens (tertiary/aromatic N) is 4. The summed E-state index contributed by atoms with van der Waals surface area (Å²) in [5.74, 6) is 0.696. The normalized spacial score (nSPS) is 10.6. The van der Waals surface area contributed by atoms with Crippen LogP contribution in [0, 0.1) is 40.5 Å². The second-order valence-corrected chi connectivity index (χ2v) is 7.92. The first-order valence-corrected chi connectivity index (χ1v) is 10.4. The highest BCUT2D eigenvalue weighted by molar-refractivity contribution is 7.99. The van der Waals surface area contributed by atoms with E-state index < -0.39 is 19.7 Å². The first-order chi connectivity index (χ1) is 14.7. The van der Waals surface area contributed by atoms with Gasteiger partial charge in [-0.1, -0.05) is 0 Å². The lowest BCUT2D eigenvalue weighted by atomic mass is 10.3. The van der Waals surface area contributed by atoms with Crippen LogP contribution in [-0.4, -0.2) is 44.4 Å². The molecule has 13 nitrogen and oxygen atoms in total. The molecule has 0 saturated heterocycles. The number of hydrogen-bond acceptors (Lipinski definition) is 11. The first-order valence-electron chi connectivity index (χ1n) is 8.39. The van der Waals surface area contributed by atoms with Crippen LogP contribution in [-0.2, 0) is 4.74 Å². The molecule has 0 amide bonds. The van der Waals surface area contributed by atoms with Crippen molar-refractivity contribution >= 4 is 46.3 Å². The van der Waals surface area contributed by atoms with Gasteiger partial charge in [-0.3, -0.25) is 40.5 Å². The van der Waals surface area contributed by atoms with E-state index in [1.54, 1.807) is 0 Å². The number of rotatable bonds is 12. The van der Waals surface area contributed by atoms with E-state index in [2.05, 4.69) is 0 Å². The van der Waals surface area contributed by atoms with E-state index in [1.807, 2.05) is 0 Å². The van der Waals surface area contributed by atoms with Crippen molar-refractivity contribution in [3.63, 3.8) is 0 Å². The van der Waals surface area contributed by atoms with E-state index in [1.165, 1.54) is 24.3 Å². The zero-order chi connectivity index (χ0) is 23.0. The van der Waals surface area contributed by atoms with E-state index in [4.69, 9.17) is 4.74 Å². The smallest absolute Gasteiger partial charge is 0.289 e. The third kappa shape index (κ3) is 6.87. The van der Waals surface area contributed by atoms with Gasteiger partial charge in [0.25, 0.3) is 22.7 Å². The predicted octanol–water partition coefficient (Wildman–Crippen LogP) is 4.22. The van der Waals surface area contributed by atoms with Gasteiger partial charge in [0.15, 0.2) is 0 Å². The van der Waals surface area contributed by atoms with Crippen molar-refractivity contribution in [1.82, 2.24) is 0 Å². The molecular weight excluding hydrogens is 456 g/mol. The third-order valence-corrected chi connectivity index (χ3v) is 5.72. The topological polar surface area (TPSA) is 182 Å². The minimum atomic E-state index is -0.711. The van der Waals surface area contributed by atoms with Gasteiger partial charge >= 0.3 is 0 Å². The molecule has 2 rings (SSSR count). The molecule has 0 heterocycles. The van der Waals surface area contributed by atoms with Gasteiger partial charge < -0.3 is 4.74 Å². The summed E-state index contributed by atoms with van der Waals surface area (Å²) < 4.78 is 5.40. The summed E-state index contributed by atoms with van der Waals surface area (Å²) in [6, 6.07) is 6.79. The maximum absolute atomic E-state index is 11.1. The fraction of sp³-hybridized carbons (Fsp3) is 0.250. The third-order valence-electron chi connectivity index (χ3n) is 3.67. The van der Waals surface area contributed by atoms with E-state index in [9.17, 15) is 40.5 Å². The second-order valence-electron chi connectivity index (χ2n) is 5.64. The minimum Gasteiger partial charge on any atom is -0.380 e. The monoisotopic (exact) mass is 470 g/mol. The molecule has 0 fully saturated rings. The van der Waals surface area contributed by atoms with Crippen molar-refractivity contribution in [1.29, 1.82) is 0 Å². The quantitative estimate of drug-likeness (QED) is 0.187. The van der Waals surface area contributed by atoms with Crippen molar-refractivity contribution < 1.29 is 24.4 Å². The van der Waals surface area contributed by atoms with Gasteiger partial charge in [-0.2, -0.15) is 0 Å². The lowest BCUT2D eigenvalue weighted by Crippen LogP contribution is -2.02. The molecular formula is C16H14N4O9S2. The number of nitro groups is 4. The SMILES string of the molecule is O=[N+]([O-])c1ccc(SCCOCCSc2ccc([N+](=O)[O-])cc2[N+](=O)[O-])c([N+](=O)[O-])c1. The predicted molar refractivity (Wildman–Crippen MR) is 112 cm³/mol. The van der Waals surface area contributed by atoms with Crippen molar-refractivity contribution in [3.8, 4) is 0 Å². The van der Waals surface area contributed by atoms with E-state index >= 15 is 0 Å². The fourth-order valence-corrected chi connectivity index (χ4v) is 4.02. The summed E-state index contributed by atoms with van der Waals surface area (Å²) in [5, 5.41) is 43.7. The van der Waals surface area contributed by atoms with Crippen LogP contribution in [0.3, 0.4) is 0 Å². The molecule has 0 spiro atoms. The zero-order valence-corrected chi connectivity index (χ0v) is 17.2. The molecule has 31 heavy (non-hydrogen) atoms. The Bertz CT molecular complexity index is 939. The average molecular weight is 470 g/mol. The summed E-state index contributed by atoms with van der Waals surface area (Å²) in [7, 11) is 0. The number of nitro benzene ring substituents is 4. The average Bonchev–Trinajstić information content (AvgIpc) is 2.72. The Kier molecular flexibility index (Phi) is 8.65. The van der Waals surface area contributed by atoms with Crippen LogP contribution in [0.5, 0.6) is 0 Å². The van der Waals surface area contributed by atoms with Gasteiger partial charge in [-0.05, 0) is 12.1 Å². The molecule has 0 radical (unpaired) electrons. The van der Waals surface area contributed by atoms with Gasteiger partial charge in [0, 0.05) is 23.6 Å². The van der Waals surface area contributed by atoms with E-state index in [-0.39, 0.29) is 45.8 Å². The molecule has 0 aromatic heterocycles. The van der Waals surface area contributed by atoms with Crippen LogP contribution in [0.4, 0.5) is 22.7 Å². The molecule has 0 unspecified atom stereocenters. The zero-order valence-electron chi connectivity index (χ0n) is 15.6. The summed E-state index contributed by atoms with van der Waals surface area (Å²) in [4.78, 5) is 41.4. The molecule has 0 N–H and O–H groups in total. The molecule has 2 aromatic rings. The summed E-state index contributed by atoms with van der Waals surface area (Å²) in [6.45, 7) is 0.448. The number of ether oxygens (including phenoxy) is 1. The lowest BCUT2D eigenvalue weighted by Gasteiger charge is -2.06. The molecule has 164 valence electrons. The molecule has 0 bridgehead atoms. The highest BCUT2D eigenvalue weighted by Gasteiger charge is 2.20. The van der Waals surface area contributed by atoms with Crippen LogP contribution in [0.25, 0.3) is 0 Å². The van der Waals surface area contributed by atoms with Crippen LogP contribution in [0.2, 0.25) is 0 Å². The molecule has 2 aromatic carbocycles. The minimum absolute atomic E-state index is 0.224. The maximum Gasteiger partial charge on any atom is 0.289 e. The van der Waals surface area contributed by atoms with Crippen molar-refractivity contribution in [3.05, 3.63) is 76.9 Å². The first kappa shape index (κ1) is 24.0. The summed E-state index contributed by atoms with van der Waals surface area (Å²) in [6.07, 6.45) is 0. The summed E-state index contributed by atoms with van der Waals surface area (Å²) in [5.41, 5.74) is -1.46. The van der Waals surface area contributed by atoms with Crippen LogP contribution >= 0.6 is 23.5 Å². The number of benzene rings is 2. The van der Waals surface area contributed by atoms with E-state index in [0.717, 1.165) is 35.7 Å². The number of thioether (sulfide) groups is 2. The molecule has 0 atom stereocenters.